The van der Waals surface area contributed by atoms with Gasteiger partial charge in [0, 0.05) is 18.0 Å². The number of nitrogens with one attached hydrogen (secondary N) is 1. The lowest BCUT2D eigenvalue weighted by Gasteiger charge is -2.29. The van der Waals surface area contributed by atoms with Crippen LogP contribution in [0.25, 0.3) is 0 Å². The predicted octanol–water partition coefficient (Wildman–Crippen LogP) is 2.93. The van der Waals surface area contributed by atoms with Gasteiger partial charge in [0.15, 0.2) is 0 Å². The Hall–Kier alpha value is -1.93. The second kappa shape index (κ2) is 8.83. The molecule has 8 heteroatoms. The summed E-state index contributed by atoms with van der Waals surface area (Å²) in [6, 6.07) is 0. The third-order valence-corrected chi connectivity index (χ3v) is 7.55. The van der Waals surface area contributed by atoms with Crippen LogP contribution in [0.3, 0.4) is 0 Å². The van der Waals surface area contributed by atoms with E-state index in [0.717, 1.165) is 44.1 Å². The summed E-state index contributed by atoms with van der Waals surface area (Å²) in [5.74, 6) is -2.38. The number of nitrogens with zero attached hydrogens (tertiary/aromatic N) is 1. The van der Waals surface area contributed by atoms with Gasteiger partial charge in [-0.1, -0.05) is 12.8 Å². The summed E-state index contributed by atoms with van der Waals surface area (Å²) in [5.41, 5.74) is 1.70. The number of ether oxygens (including phenoxy) is 1. The molecule has 158 valence electrons. The minimum Gasteiger partial charge on any atom is -0.481 e. The third-order valence-electron chi connectivity index (χ3n) is 6.34. The van der Waals surface area contributed by atoms with Crippen LogP contribution in [0.15, 0.2) is 0 Å². The number of hydrogen-bond acceptors (Lipinski definition) is 5. The first-order chi connectivity index (χ1) is 14.1. The van der Waals surface area contributed by atoms with Crippen LogP contribution >= 0.6 is 11.3 Å². The highest BCUT2D eigenvalue weighted by atomic mass is 32.1. The Labute approximate surface area is 174 Å². The molecule has 2 fully saturated rings. The quantitative estimate of drug-likeness (QED) is 0.781. The van der Waals surface area contributed by atoms with Crippen LogP contribution < -0.4 is 5.32 Å². The highest BCUT2D eigenvalue weighted by molar-refractivity contribution is 7.17. The summed E-state index contributed by atoms with van der Waals surface area (Å²) in [7, 11) is 0. The van der Waals surface area contributed by atoms with Gasteiger partial charge in [0.25, 0.3) is 5.91 Å². The summed E-state index contributed by atoms with van der Waals surface area (Å²) >= 11 is 1.50. The monoisotopic (exact) mass is 420 g/mol. The van der Waals surface area contributed by atoms with E-state index in [4.69, 9.17) is 4.74 Å². The fourth-order valence-corrected chi connectivity index (χ4v) is 6.03. The molecular weight excluding hydrogens is 392 g/mol. The van der Waals surface area contributed by atoms with E-state index in [0.29, 0.717) is 49.7 Å². The topological polar surface area (TPSA) is 95.9 Å². The maximum atomic E-state index is 13.3. The lowest BCUT2D eigenvalue weighted by Crippen LogP contribution is -2.41. The van der Waals surface area contributed by atoms with E-state index in [1.54, 1.807) is 4.90 Å². The standard InChI is InChI=1S/C21H28N2O5S/c24-18(13-5-1-2-6-14(13)21(26)27)22-19-17(15-7-3-4-8-16(15)29-19)20(25)23-9-11-28-12-10-23/h13-14H,1-12H2,(H,22,24)(H,26,27)/t13-,14+/m0/s1. The van der Waals surface area contributed by atoms with Gasteiger partial charge in [-0.15, -0.1) is 11.3 Å². The molecular formula is C21H28N2O5S. The number of fused-ring (bicyclic) bond motifs is 1. The molecule has 4 rings (SSSR count). The van der Waals surface area contributed by atoms with Crippen molar-refractivity contribution in [3.05, 3.63) is 16.0 Å². The van der Waals surface area contributed by atoms with Crippen LogP contribution in [-0.4, -0.2) is 54.1 Å². The zero-order chi connectivity index (χ0) is 20.4. The molecule has 1 aromatic rings. The molecule has 29 heavy (non-hydrogen) atoms. The average Bonchev–Trinajstić information content (AvgIpc) is 3.11. The Morgan fingerprint density at radius 1 is 1.00 bits per heavy atom. The SMILES string of the molecule is O=C(Nc1sc2c(c1C(=O)N1CCOCC1)CCCC2)[C@H]1CCCC[C@H]1C(=O)O. The van der Waals surface area contributed by atoms with E-state index in [-0.39, 0.29) is 11.8 Å². The molecule has 3 aliphatic rings. The summed E-state index contributed by atoms with van der Waals surface area (Å²) < 4.78 is 5.37. The average molecular weight is 421 g/mol. The fourth-order valence-electron chi connectivity index (χ4n) is 4.75. The summed E-state index contributed by atoms with van der Waals surface area (Å²) in [4.78, 5) is 40.9. The number of amides is 2. The molecule has 1 aliphatic heterocycles. The van der Waals surface area contributed by atoms with E-state index in [2.05, 4.69) is 5.32 Å². The van der Waals surface area contributed by atoms with Gasteiger partial charge in [0.1, 0.15) is 5.00 Å². The molecule has 2 amide bonds. The number of morpholine rings is 1. The minimum absolute atomic E-state index is 0.0403. The number of anilines is 1. The lowest BCUT2D eigenvalue weighted by molar-refractivity contribution is -0.147. The highest BCUT2D eigenvalue weighted by Gasteiger charge is 2.37. The zero-order valence-electron chi connectivity index (χ0n) is 16.6. The molecule has 1 saturated carbocycles. The molecule has 0 unspecified atom stereocenters. The van der Waals surface area contributed by atoms with Gasteiger partial charge in [-0.05, 0) is 44.1 Å². The number of rotatable bonds is 4. The third kappa shape index (κ3) is 4.19. The van der Waals surface area contributed by atoms with E-state index < -0.39 is 17.8 Å². The Kier molecular flexibility index (Phi) is 6.20. The molecule has 0 bridgehead atoms. The molecule has 2 aliphatic carbocycles. The van der Waals surface area contributed by atoms with E-state index >= 15 is 0 Å². The summed E-state index contributed by atoms with van der Waals surface area (Å²) in [6.07, 6.45) is 6.75. The van der Waals surface area contributed by atoms with E-state index in [1.807, 2.05) is 0 Å². The van der Waals surface area contributed by atoms with Crippen molar-refractivity contribution in [3.63, 3.8) is 0 Å². The molecule has 7 nitrogen and oxygen atoms in total. The zero-order valence-corrected chi connectivity index (χ0v) is 17.4. The smallest absolute Gasteiger partial charge is 0.307 e. The van der Waals surface area contributed by atoms with Gasteiger partial charge < -0.3 is 20.1 Å². The maximum absolute atomic E-state index is 13.3. The molecule has 2 atom stereocenters. The molecule has 1 aromatic heterocycles. The van der Waals surface area contributed by atoms with Crippen LogP contribution in [0, 0.1) is 11.8 Å². The van der Waals surface area contributed by atoms with Crippen molar-refractivity contribution in [1.82, 2.24) is 4.90 Å². The number of carboxylic acid groups (broad SMARTS) is 1. The van der Waals surface area contributed by atoms with Crippen molar-refractivity contribution in [2.75, 3.05) is 31.6 Å². The fraction of sp³-hybridized carbons (Fsp3) is 0.667. The molecule has 2 N–H and O–H groups in total. The molecule has 1 saturated heterocycles. The van der Waals surface area contributed by atoms with Crippen LogP contribution in [0.1, 0.15) is 59.3 Å². The Bertz CT molecular complexity index is 799. The molecule has 0 spiro atoms. The second-order valence-electron chi connectivity index (χ2n) is 8.14. The van der Waals surface area contributed by atoms with Gasteiger partial charge in [0.2, 0.25) is 5.91 Å². The van der Waals surface area contributed by atoms with Gasteiger partial charge in [-0.3, -0.25) is 14.4 Å². The predicted molar refractivity (Wildman–Crippen MR) is 109 cm³/mol. The van der Waals surface area contributed by atoms with Gasteiger partial charge in [0.05, 0.1) is 30.6 Å². The molecule has 0 aromatic carbocycles. The molecule has 0 radical (unpaired) electrons. The van der Waals surface area contributed by atoms with Crippen LogP contribution in [0.2, 0.25) is 0 Å². The first-order valence-corrected chi connectivity index (χ1v) is 11.4. The molecule has 2 heterocycles. The van der Waals surface area contributed by atoms with Crippen molar-refractivity contribution < 1.29 is 24.2 Å². The number of carbonyl (C=O) groups is 3. The van der Waals surface area contributed by atoms with Crippen molar-refractivity contribution in [2.45, 2.75) is 51.4 Å². The van der Waals surface area contributed by atoms with Crippen molar-refractivity contribution in [2.24, 2.45) is 11.8 Å². The number of thiophene rings is 1. The normalized spacial score (nSPS) is 24.6. The Morgan fingerprint density at radius 2 is 1.69 bits per heavy atom. The second-order valence-corrected chi connectivity index (χ2v) is 9.25. The number of carbonyl (C=O) groups excluding carboxylic acids is 2. The van der Waals surface area contributed by atoms with Crippen molar-refractivity contribution in [3.8, 4) is 0 Å². The van der Waals surface area contributed by atoms with Gasteiger partial charge in [-0.25, -0.2) is 0 Å². The van der Waals surface area contributed by atoms with Crippen LogP contribution in [0.4, 0.5) is 5.00 Å². The summed E-state index contributed by atoms with van der Waals surface area (Å²) in [5, 5.41) is 13.1. The van der Waals surface area contributed by atoms with Gasteiger partial charge in [-0.2, -0.15) is 0 Å². The minimum atomic E-state index is -0.903. The first-order valence-electron chi connectivity index (χ1n) is 10.6. The van der Waals surface area contributed by atoms with E-state index in [1.165, 1.54) is 16.2 Å². The van der Waals surface area contributed by atoms with Crippen LogP contribution in [-0.2, 0) is 27.2 Å². The van der Waals surface area contributed by atoms with E-state index in [9.17, 15) is 19.5 Å². The first kappa shape index (κ1) is 20.3. The van der Waals surface area contributed by atoms with Gasteiger partial charge >= 0.3 is 5.97 Å². The largest absolute Gasteiger partial charge is 0.481 e. The Balaban J connectivity index is 1.61. The summed E-state index contributed by atoms with van der Waals surface area (Å²) in [6.45, 7) is 2.17. The van der Waals surface area contributed by atoms with Crippen molar-refractivity contribution >= 4 is 34.1 Å². The van der Waals surface area contributed by atoms with Crippen molar-refractivity contribution in [1.29, 1.82) is 0 Å². The highest BCUT2D eigenvalue weighted by Crippen LogP contribution is 2.40. The number of hydrogen-bond donors (Lipinski definition) is 2. The maximum Gasteiger partial charge on any atom is 0.307 e. The Morgan fingerprint density at radius 3 is 2.41 bits per heavy atom. The van der Waals surface area contributed by atoms with Crippen LogP contribution in [0.5, 0.6) is 0 Å². The number of aliphatic carboxylic acids is 1. The number of carboxylic acids is 1. The number of aryl methyl sites for hydroxylation is 1. The lowest BCUT2D eigenvalue weighted by atomic mass is 9.78.